The number of fused-ring (bicyclic) bond motifs is 1. The van der Waals surface area contributed by atoms with E-state index in [1.165, 1.54) is 18.5 Å². The topological polar surface area (TPSA) is 111 Å². The Morgan fingerprint density at radius 3 is 2.37 bits per heavy atom. The number of benzene rings is 3. The Morgan fingerprint density at radius 2 is 1.66 bits per heavy atom. The molecule has 3 aromatic carbocycles. The fourth-order valence-electron chi connectivity index (χ4n) is 3.93. The Kier molecular flexibility index (Phi) is 10.5. The Hall–Kier alpha value is -4.20. The SMILES string of the molecule is COc1cc(NCCCOc2cc3c(Nc4ccc(F)c(Cl)c4)ncnc3cc2OC)c(C#N)cc1OCCCCl. The number of ether oxygens (including phenoxy) is 4. The highest BCUT2D eigenvalue weighted by Gasteiger charge is 2.14. The summed E-state index contributed by atoms with van der Waals surface area (Å²) in [6.45, 7) is 1.32. The van der Waals surface area contributed by atoms with Crippen molar-refractivity contribution >= 4 is 51.3 Å². The fraction of sp³-hybridized carbons (Fsp3) is 0.276. The molecule has 0 saturated carbocycles. The summed E-state index contributed by atoms with van der Waals surface area (Å²) in [7, 11) is 3.10. The minimum Gasteiger partial charge on any atom is -0.493 e. The smallest absolute Gasteiger partial charge is 0.162 e. The van der Waals surface area contributed by atoms with Crippen LogP contribution in [-0.2, 0) is 0 Å². The monoisotopic (exact) mass is 599 g/mol. The normalized spacial score (nSPS) is 10.6. The van der Waals surface area contributed by atoms with Gasteiger partial charge in [-0.3, -0.25) is 0 Å². The predicted octanol–water partition coefficient (Wildman–Crippen LogP) is 6.94. The van der Waals surface area contributed by atoms with Gasteiger partial charge in [0.25, 0.3) is 0 Å². The zero-order chi connectivity index (χ0) is 29.2. The molecule has 2 N–H and O–H groups in total. The third-order valence-corrected chi connectivity index (χ3v) is 6.51. The van der Waals surface area contributed by atoms with E-state index in [1.54, 1.807) is 44.6 Å². The Labute approximate surface area is 247 Å². The van der Waals surface area contributed by atoms with Gasteiger partial charge in [0.05, 0.1) is 49.2 Å². The molecule has 1 heterocycles. The van der Waals surface area contributed by atoms with Gasteiger partial charge in [-0.05, 0) is 37.1 Å². The Morgan fingerprint density at radius 1 is 0.927 bits per heavy atom. The van der Waals surface area contributed by atoms with Crippen LogP contribution in [-0.4, -0.2) is 49.8 Å². The van der Waals surface area contributed by atoms with Gasteiger partial charge < -0.3 is 29.6 Å². The lowest BCUT2D eigenvalue weighted by molar-refractivity contribution is 0.293. The summed E-state index contributed by atoms with van der Waals surface area (Å²) in [4.78, 5) is 8.67. The van der Waals surface area contributed by atoms with Crippen molar-refractivity contribution in [2.75, 3.05) is 50.5 Å². The molecular weight excluding hydrogens is 572 g/mol. The number of alkyl halides is 1. The van der Waals surface area contributed by atoms with E-state index in [2.05, 4.69) is 26.7 Å². The van der Waals surface area contributed by atoms with Gasteiger partial charge in [0, 0.05) is 41.7 Å². The molecule has 12 heteroatoms. The molecule has 0 aliphatic carbocycles. The summed E-state index contributed by atoms with van der Waals surface area (Å²) in [6.07, 6.45) is 2.72. The molecular formula is C29H28Cl2FN5O4. The number of hydrogen-bond donors (Lipinski definition) is 2. The first-order valence-corrected chi connectivity index (χ1v) is 13.6. The van der Waals surface area contributed by atoms with Crippen molar-refractivity contribution < 1.29 is 23.3 Å². The van der Waals surface area contributed by atoms with Crippen LogP contribution in [0.4, 0.5) is 21.6 Å². The molecule has 0 bridgehead atoms. The maximum atomic E-state index is 13.6. The van der Waals surface area contributed by atoms with E-state index in [0.29, 0.717) is 95.1 Å². The van der Waals surface area contributed by atoms with Gasteiger partial charge in [-0.1, -0.05) is 11.6 Å². The molecule has 0 fully saturated rings. The summed E-state index contributed by atoms with van der Waals surface area (Å²) in [6, 6.07) is 13.5. The molecule has 9 nitrogen and oxygen atoms in total. The number of rotatable bonds is 14. The van der Waals surface area contributed by atoms with Crippen LogP contribution in [0.1, 0.15) is 18.4 Å². The number of nitrogens with zero attached hydrogens (tertiary/aromatic N) is 3. The maximum absolute atomic E-state index is 13.6. The van der Waals surface area contributed by atoms with Crippen LogP contribution in [0.5, 0.6) is 23.0 Å². The van der Waals surface area contributed by atoms with Crippen LogP contribution in [0.25, 0.3) is 10.9 Å². The standard InChI is InChI=1S/C29H28Cl2FN5O4/c1-38-25-14-23(18(16-33)11-27(25)40-9-3-7-30)34-8-4-10-41-28-13-20-24(15-26(28)39-2)35-17-36-29(20)37-19-5-6-22(32)21(31)12-19/h5-6,11-15,17,34H,3-4,7-10H2,1-2H3,(H,35,36,37). The summed E-state index contributed by atoms with van der Waals surface area (Å²) < 4.78 is 36.3. The minimum atomic E-state index is -0.508. The zero-order valence-electron chi connectivity index (χ0n) is 22.5. The molecule has 0 saturated heterocycles. The van der Waals surface area contributed by atoms with E-state index in [4.69, 9.17) is 42.1 Å². The number of methoxy groups -OCH3 is 2. The average molecular weight is 600 g/mol. The predicted molar refractivity (Wildman–Crippen MR) is 158 cm³/mol. The highest BCUT2D eigenvalue weighted by atomic mass is 35.5. The molecule has 0 atom stereocenters. The molecule has 0 spiro atoms. The van der Waals surface area contributed by atoms with Crippen molar-refractivity contribution in [3.63, 3.8) is 0 Å². The molecule has 0 radical (unpaired) electrons. The van der Waals surface area contributed by atoms with Gasteiger partial charge in [-0.2, -0.15) is 5.26 Å². The van der Waals surface area contributed by atoms with Crippen molar-refractivity contribution in [3.05, 3.63) is 65.2 Å². The quantitative estimate of drug-likeness (QED) is 0.117. The van der Waals surface area contributed by atoms with Crippen molar-refractivity contribution in [2.45, 2.75) is 12.8 Å². The largest absolute Gasteiger partial charge is 0.493 e. The minimum absolute atomic E-state index is 0.000429. The maximum Gasteiger partial charge on any atom is 0.162 e. The molecule has 214 valence electrons. The summed E-state index contributed by atoms with van der Waals surface area (Å²) in [5.74, 6) is 2.51. The highest BCUT2D eigenvalue weighted by Crippen LogP contribution is 2.36. The zero-order valence-corrected chi connectivity index (χ0v) is 24.0. The van der Waals surface area contributed by atoms with E-state index in [9.17, 15) is 9.65 Å². The second-order valence-electron chi connectivity index (χ2n) is 8.68. The number of anilines is 3. The fourth-order valence-corrected chi connectivity index (χ4v) is 4.22. The first-order valence-electron chi connectivity index (χ1n) is 12.7. The molecule has 0 aliphatic rings. The molecule has 4 aromatic rings. The third kappa shape index (κ3) is 7.51. The summed E-state index contributed by atoms with van der Waals surface area (Å²) in [5, 5.41) is 16.7. The number of nitriles is 1. The second-order valence-corrected chi connectivity index (χ2v) is 9.46. The Balaban J connectivity index is 1.43. The van der Waals surface area contributed by atoms with Crippen LogP contribution >= 0.6 is 23.2 Å². The second kappa shape index (κ2) is 14.4. The lowest BCUT2D eigenvalue weighted by atomic mass is 10.1. The lowest BCUT2D eigenvalue weighted by Gasteiger charge is -2.16. The van der Waals surface area contributed by atoms with Gasteiger partial charge in [0.15, 0.2) is 23.0 Å². The van der Waals surface area contributed by atoms with Crippen LogP contribution in [0, 0.1) is 17.1 Å². The van der Waals surface area contributed by atoms with Crippen LogP contribution < -0.4 is 29.6 Å². The third-order valence-electron chi connectivity index (χ3n) is 5.96. The molecule has 1 aromatic heterocycles. The van der Waals surface area contributed by atoms with E-state index in [-0.39, 0.29) is 5.02 Å². The van der Waals surface area contributed by atoms with Crippen LogP contribution in [0.15, 0.2) is 48.8 Å². The van der Waals surface area contributed by atoms with Crippen LogP contribution in [0.3, 0.4) is 0 Å². The van der Waals surface area contributed by atoms with E-state index in [1.807, 2.05) is 0 Å². The first kappa shape index (κ1) is 29.8. The van der Waals surface area contributed by atoms with Gasteiger partial charge in [0.1, 0.15) is 24.0 Å². The summed E-state index contributed by atoms with van der Waals surface area (Å²) >= 11 is 11.6. The molecule has 4 rings (SSSR count). The number of nitrogens with one attached hydrogen (secondary N) is 2. The van der Waals surface area contributed by atoms with Crippen LogP contribution in [0.2, 0.25) is 5.02 Å². The van der Waals surface area contributed by atoms with Gasteiger partial charge in [-0.25, -0.2) is 14.4 Å². The molecule has 0 aliphatic heterocycles. The van der Waals surface area contributed by atoms with Crippen molar-refractivity contribution in [2.24, 2.45) is 0 Å². The average Bonchev–Trinajstić information content (AvgIpc) is 2.99. The molecule has 41 heavy (non-hydrogen) atoms. The van der Waals surface area contributed by atoms with Gasteiger partial charge in [0.2, 0.25) is 0 Å². The van der Waals surface area contributed by atoms with E-state index in [0.717, 1.165) is 0 Å². The van der Waals surface area contributed by atoms with Gasteiger partial charge >= 0.3 is 0 Å². The molecule has 0 amide bonds. The highest BCUT2D eigenvalue weighted by molar-refractivity contribution is 6.31. The van der Waals surface area contributed by atoms with Crippen molar-refractivity contribution in [1.82, 2.24) is 9.97 Å². The number of halogens is 3. The van der Waals surface area contributed by atoms with Crippen molar-refractivity contribution in [1.29, 1.82) is 5.26 Å². The summed E-state index contributed by atoms with van der Waals surface area (Å²) in [5.41, 5.74) is 2.27. The van der Waals surface area contributed by atoms with Gasteiger partial charge in [-0.15, -0.1) is 11.6 Å². The van der Waals surface area contributed by atoms with Crippen molar-refractivity contribution in [3.8, 4) is 29.1 Å². The Bertz CT molecular complexity index is 1550. The lowest BCUT2D eigenvalue weighted by Crippen LogP contribution is -2.09. The first-order chi connectivity index (χ1) is 20.0. The van der Waals surface area contributed by atoms with E-state index >= 15 is 0 Å². The number of aromatic nitrogens is 2. The molecule has 0 unspecified atom stereocenters. The number of hydrogen-bond acceptors (Lipinski definition) is 9. The van der Waals surface area contributed by atoms with E-state index < -0.39 is 5.82 Å².